The third-order valence-electron chi connectivity index (χ3n) is 3.43. The van der Waals surface area contributed by atoms with Gasteiger partial charge in [0.25, 0.3) is 5.03 Å². The minimum Gasteiger partial charge on any atom is -0.618 e. The first-order valence-corrected chi connectivity index (χ1v) is 9.34. The Bertz CT molecular complexity index is 932. The lowest BCUT2D eigenvalue weighted by Gasteiger charge is -2.09. The molecule has 0 N–H and O–H groups in total. The number of ketones is 1. The lowest BCUT2D eigenvalue weighted by atomic mass is 10.1. The number of ether oxygens (including phenoxy) is 1. The summed E-state index contributed by atoms with van der Waals surface area (Å²) in [6, 6.07) is 16.8. The van der Waals surface area contributed by atoms with Crippen molar-refractivity contribution in [3.63, 3.8) is 0 Å². The second-order valence-electron chi connectivity index (χ2n) is 5.27. The molecule has 26 heavy (non-hydrogen) atoms. The molecule has 0 aliphatic carbocycles. The van der Waals surface area contributed by atoms with Crippen molar-refractivity contribution >= 4 is 40.7 Å². The molecule has 1 aromatic heterocycles. The van der Waals surface area contributed by atoms with Gasteiger partial charge in [-0.25, -0.2) is 0 Å². The number of halogens is 2. The van der Waals surface area contributed by atoms with Gasteiger partial charge in [-0.3, -0.25) is 4.79 Å². The van der Waals surface area contributed by atoms with Gasteiger partial charge in [-0.15, -0.1) is 0 Å². The average Bonchev–Trinajstić information content (AvgIpc) is 2.63. The highest BCUT2D eigenvalue weighted by molar-refractivity contribution is 7.99. The third-order valence-corrected chi connectivity index (χ3v) is 5.01. The molecule has 0 saturated carbocycles. The SMILES string of the molecule is O=C(CSc1cccc[n+]1[O-])c1ccc(Oc2ccc(Cl)cc2)cc1Cl. The molecule has 3 rings (SSSR count). The van der Waals surface area contributed by atoms with Crippen molar-refractivity contribution in [2.24, 2.45) is 0 Å². The monoisotopic (exact) mass is 405 g/mol. The molecule has 0 atom stereocenters. The number of benzene rings is 2. The summed E-state index contributed by atoms with van der Waals surface area (Å²) in [5, 5.41) is 13.0. The topological polar surface area (TPSA) is 53.2 Å². The van der Waals surface area contributed by atoms with Gasteiger partial charge in [-0.2, -0.15) is 4.73 Å². The fourth-order valence-corrected chi connectivity index (χ4v) is 3.37. The molecule has 0 saturated heterocycles. The van der Waals surface area contributed by atoms with Crippen molar-refractivity contribution in [2.45, 2.75) is 5.03 Å². The number of aromatic nitrogens is 1. The number of nitrogens with zero attached hydrogens (tertiary/aromatic N) is 1. The molecule has 2 aromatic carbocycles. The molecule has 0 amide bonds. The van der Waals surface area contributed by atoms with Crippen molar-refractivity contribution in [1.29, 1.82) is 0 Å². The number of carbonyl (C=O) groups excluding carboxylic acids is 1. The van der Waals surface area contributed by atoms with Gasteiger partial charge in [-0.1, -0.05) is 23.2 Å². The van der Waals surface area contributed by atoms with Crippen LogP contribution in [-0.4, -0.2) is 11.5 Å². The molecule has 3 aromatic rings. The molecule has 0 radical (unpaired) electrons. The Hall–Kier alpha value is -2.21. The van der Waals surface area contributed by atoms with Gasteiger partial charge in [0.05, 0.1) is 10.8 Å². The van der Waals surface area contributed by atoms with E-state index in [4.69, 9.17) is 27.9 Å². The molecule has 132 valence electrons. The Kier molecular flexibility index (Phi) is 6.04. The molecular formula is C19H13Cl2NO3S. The van der Waals surface area contributed by atoms with Crippen molar-refractivity contribution in [2.75, 3.05) is 5.75 Å². The predicted molar refractivity (Wildman–Crippen MR) is 103 cm³/mol. The Labute approximate surface area is 164 Å². The molecule has 0 fully saturated rings. The maximum absolute atomic E-state index is 12.4. The first-order chi connectivity index (χ1) is 12.5. The number of carbonyl (C=O) groups is 1. The summed E-state index contributed by atoms with van der Waals surface area (Å²) in [6.07, 6.45) is 1.39. The van der Waals surface area contributed by atoms with E-state index in [9.17, 15) is 10.0 Å². The van der Waals surface area contributed by atoms with Crippen LogP contribution in [0.4, 0.5) is 0 Å². The molecule has 0 spiro atoms. The second kappa shape index (κ2) is 8.45. The Morgan fingerprint density at radius 3 is 2.46 bits per heavy atom. The average molecular weight is 406 g/mol. The number of Topliss-reactive ketones (excluding diaryl/α,β-unsaturated/α-hetero) is 1. The predicted octanol–water partition coefficient (Wildman–Crippen LogP) is 5.39. The highest BCUT2D eigenvalue weighted by atomic mass is 35.5. The lowest BCUT2D eigenvalue weighted by molar-refractivity contribution is -0.645. The number of pyridine rings is 1. The summed E-state index contributed by atoms with van der Waals surface area (Å²) < 4.78 is 6.41. The van der Waals surface area contributed by atoms with E-state index in [0.717, 1.165) is 4.73 Å². The normalized spacial score (nSPS) is 10.5. The highest BCUT2D eigenvalue weighted by Gasteiger charge is 2.14. The zero-order valence-corrected chi connectivity index (χ0v) is 15.7. The fourth-order valence-electron chi connectivity index (χ4n) is 2.17. The maximum Gasteiger partial charge on any atom is 0.251 e. The van der Waals surface area contributed by atoms with E-state index in [1.165, 1.54) is 18.0 Å². The summed E-state index contributed by atoms with van der Waals surface area (Å²) in [6.45, 7) is 0. The van der Waals surface area contributed by atoms with Crippen LogP contribution in [0.15, 0.2) is 71.9 Å². The van der Waals surface area contributed by atoms with Crippen molar-refractivity contribution in [1.82, 2.24) is 0 Å². The fraction of sp³-hybridized carbons (Fsp3) is 0.0526. The van der Waals surface area contributed by atoms with Crippen molar-refractivity contribution in [3.8, 4) is 11.5 Å². The Morgan fingerprint density at radius 1 is 1.04 bits per heavy atom. The smallest absolute Gasteiger partial charge is 0.251 e. The molecule has 7 heteroatoms. The number of rotatable bonds is 6. The summed E-state index contributed by atoms with van der Waals surface area (Å²) in [5.41, 5.74) is 0.385. The third kappa shape index (κ3) is 4.69. The molecule has 1 heterocycles. The van der Waals surface area contributed by atoms with Gasteiger partial charge < -0.3 is 9.94 Å². The van der Waals surface area contributed by atoms with E-state index in [1.807, 2.05) is 0 Å². The van der Waals surface area contributed by atoms with Crippen LogP contribution in [0.5, 0.6) is 11.5 Å². The van der Waals surface area contributed by atoms with E-state index in [-0.39, 0.29) is 11.5 Å². The van der Waals surface area contributed by atoms with Gasteiger partial charge in [0.2, 0.25) is 0 Å². The quantitative estimate of drug-likeness (QED) is 0.238. The van der Waals surface area contributed by atoms with Gasteiger partial charge in [0, 0.05) is 28.8 Å². The van der Waals surface area contributed by atoms with Gasteiger partial charge in [0.15, 0.2) is 12.0 Å². The number of hydrogen-bond acceptors (Lipinski definition) is 4. The molecule has 4 nitrogen and oxygen atoms in total. The minimum absolute atomic E-state index is 0.114. The second-order valence-corrected chi connectivity index (χ2v) is 7.11. The van der Waals surface area contributed by atoms with E-state index >= 15 is 0 Å². The van der Waals surface area contributed by atoms with Crippen molar-refractivity contribution < 1.29 is 14.3 Å². The van der Waals surface area contributed by atoms with Crippen LogP contribution >= 0.6 is 35.0 Å². The summed E-state index contributed by atoms with van der Waals surface area (Å²) >= 11 is 13.2. The number of thioether (sulfide) groups is 1. The molecule has 0 aliphatic rings. The van der Waals surface area contributed by atoms with Crippen LogP contribution in [0.2, 0.25) is 10.0 Å². The van der Waals surface area contributed by atoms with Crippen LogP contribution in [0.1, 0.15) is 10.4 Å². The largest absolute Gasteiger partial charge is 0.618 e. The molecular weight excluding hydrogens is 393 g/mol. The van der Waals surface area contributed by atoms with Crippen LogP contribution in [0.3, 0.4) is 0 Å². The summed E-state index contributed by atoms with van der Waals surface area (Å²) in [7, 11) is 0. The van der Waals surface area contributed by atoms with Crippen molar-refractivity contribution in [3.05, 3.63) is 87.7 Å². The maximum atomic E-state index is 12.4. The summed E-state index contributed by atoms with van der Waals surface area (Å²) in [5.74, 6) is 1.08. The molecule has 0 aliphatic heterocycles. The van der Waals surface area contributed by atoms with Crippen LogP contribution in [0.25, 0.3) is 0 Å². The van der Waals surface area contributed by atoms with E-state index in [1.54, 1.807) is 60.7 Å². The Morgan fingerprint density at radius 2 is 1.77 bits per heavy atom. The number of hydrogen-bond donors (Lipinski definition) is 0. The highest BCUT2D eigenvalue weighted by Crippen LogP contribution is 2.28. The van der Waals surface area contributed by atoms with Gasteiger partial charge in [0.1, 0.15) is 11.5 Å². The standard InChI is InChI=1S/C19H13Cl2NO3S/c20-13-4-6-14(7-5-13)25-15-8-9-16(17(21)11-15)18(23)12-26-19-3-1-2-10-22(19)24/h1-11H,12H2. The van der Waals surface area contributed by atoms with E-state index in [0.29, 0.717) is 32.1 Å². The van der Waals surface area contributed by atoms with Gasteiger partial charge >= 0.3 is 0 Å². The van der Waals surface area contributed by atoms with E-state index < -0.39 is 0 Å². The zero-order chi connectivity index (χ0) is 18.5. The van der Waals surface area contributed by atoms with Crippen LogP contribution in [0, 0.1) is 5.21 Å². The van der Waals surface area contributed by atoms with E-state index in [2.05, 4.69) is 0 Å². The lowest BCUT2D eigenvalue weighted by Crippen LogP contribution is -2.28. The Balaban J connectivity index is 1.67. The zero-order valence-electron chi connectivity index (χ0n) is 13.4. The first-order valence-electron chi connectivity index (χ1n) is 7.60. The summed E-state index contributed by atoms with van der Waals surface area (Å²) in [4.78, 5) is 12.4. The molecule has 0 bridgehead atoms. The molecule has 0 unspecified atom stereocenters. The minimum atomic E-state index is -0.165. The van der Waals surface area contributed by atoms with Crippen LogP contribution < -0.4 is 9.47 Å². The van der Waals surface area contributed by atoms with Gasteiger partial charge in [-0.05, 0) is 54.2 Å². The van der Waals surface area contributed by atoms with Crippen LogP contribution in [-0.2, 0) is 0 Å². The first kappa shape index (κ1) is 18.6.